The van der Waals surface area contributed by atoms with Gasteiger partial charge in [-0.2, -0.15) is 0 Å². The summed E-state index contributed by atoms with van der Waals surface area (Å²) in [5.74, 6) is -0.563. The van der Waals surface area contributed by atoms with E-state index >= 15 is 0 Å². The van der Waals surface area contributed by atoms with E-state index in [0.717, 1.165) is 31.2 Å². The number of nitro benzene ring substituents is 1. The van der Waals surface area contributed by atoms with Crippen LogP contribution < -0.4 is 5.32 Å². The third-order valence-corrected chi connectivity index (χ3v) is 2.65. The van der Waals surface area contributed by atoms with Crippen molar-refractivity contribution in [3.63, 3.8) is 0 Å². The van der Waals surface area contributed by atoms with Gasteiger partial charge in [0.15, 0.2) is 0 Å². The van der Waals surface area contributed by atoms with Crippen molar-refractivity contribution < 1.29 is 9.31 Å². The predicted molar refractivity (Wildman–Crippen MR) is 70.0 cm³/mol. The van der Waals surface area contributed by atoms with Gasteiger partial charge in [-0.3, -0.25) is 10.1 Å². The van der Waals surface area contributed by atoms with Crippen molar-refractivity contribution in [3.8, 4) is 5.69 Å². The Kier molecular flexibility index (Phi) is 4.36. The largest absolute Gasteiger partial charge is 0.311 e. The topological polar surface area (TPSA) is 85.9 Å². The van der Waals surface area contributed by atoms with Gasteiger partial charge in [0.1, 0.15) is 11.5 Å². The van der Waals surface area contributed by atoms with Crippen LogP contribution in [0, 0.1) is 15.9 Å². The maximum absolute atomic E-state index is 13.3. The standard InChI is InChI=1S/C12H14FN5O2/c1-2-5-14-7-10-8-17(16-15-10)12-6-9(13)3-4-11(12)18(19)20/h3-4,6,8,14H,2,5,7H2,1H3. The lowest BCUT2D eigenvalue weighted by Gasteiger charge is -2.01. The molecule has 0 spiro atoms. The first-order valence-corrected chi connectivity index (χ1v) is 6.18. The summed E-state index contributed by atoms with van der Waals surface area (Å²) in [7, 11) is 0. The van der Waals surface area contributed by atoms with Gasteiger partial charge in [-0.15, -0.1) is 5.10 Å². The highest BCUT2D eigenvalue weighted by molar-refractivity contribution is 5.51. The lowest BCUT2D eigenvalue weighted by atomic mass is 10.2. The summed E-state index contributed by atoms with van der Waals surface area (Å²) < 4.78 is 14.5. The number of rotatable bonds is 6. The van der Waals surface area contributed by atoms with Gasteiger partial charge in [-0.25, -0.2) is 9.07 Å². The van der Waals surface area contributed by atoms with Crippen LogP contribution in [-0.2, 0) is 6.54 Å². The normalized spacial score (nSPS) is 10.7. The maximum Gasteiger partial charge on any atom is 0.295 e. The van der Waals surface area contributed by atoms with Crippen LogP contribution in [-0.4, -0.2) is 26.5 Å². The first kappa shape index (κ1) is 14.1. The van der Waals surface area contributed by atoms with E-state index in [9.17, 15) is 14.5 Å². The fourth-order valence-electron chi connectivity index (χ4n) is 1.72. The number of hydrogen-bond donors (Lipinski definition) is 1. The predicted octanol–water partition coefficient (Wildman–Crippen LogP) is 1.81. The zero-order valence-electron chi connectivity index (χ0n) is 10.9. The van der Waals surface area contributed by atoms with Gasteiger partial charge in [0.05, 0.1) is 16.8 Å². The molecule has 0 saturated heterocycles. The Labute approximate surface area is 114 Å². The minimum atomic E-state index is -0.578. The number of halogens is 1. The van der Waals surface area contributed by atoms with Crippen LogP contribution in [0.3, 0.4) is 0 Å². The molecule has 0 aliphatic carbocycles. The van der Waals surface area contributed by atoms with E-state index in [1.807, 2.05) is 6.92 Å². The molecular weight excluding hydrogens is 265 g/mol. The Bertz CT molecular complexity index is 614. The van der Waals surface area contributed by atoms with Crippen molar-refractivity contribution in [1.29, 1.82) is 0 Å². The van der Waals surface area contributed by atoms with Gasteiger partial charge in [0.2, 0.25) is 0 Å². The molecule has 0 bridgehead atoms. The second-order valence-electron chi connectivity index (χ2n) is 4.22. The number of benzene rings is 1. The Morgan fingerprint density at radius 1 is 1.50 bits per heavy atom. The number of nitrogens with zero attached hydrogens (tertiary/aromatic N) is 4. The van der Waals surface area contributed by atoms with E-state index in [1.165, 1.54) is 4.68 Å². The van der Waals surface area contributed by atoms with Gasteiger partial charge >= 0.3 is 0 Å². The van der Waals surface area contributed by atoms with Crippen molar-refractivity contribution in [1.82, 2.24) is 20.3 Å². The van der Waals surface area contributed by atoms with E-state index < -0.39 is 10.7 Å². The van der Waals surface area contributed by atoms with Crippen molar-refractivity contribution >= 4 is 5.69 Å². The summed E-state index contributed by atoms with van der Waals surface area (Å²) in [5.41, 5.74) is 0.477. The van der Waals surface area contributed by atoms with Crippen molar-refractivity contribution in [2.24, 2.45) is 0 Å². The zero-order chi connectivity index (χ0) is 14.5. The fraction of sp³-hybridized carbons (Fsp3) is 0.333. The fourth-order valence-corrected chi connectivity index (χ4v) is 1.72. The van der Waals surface area contributed by atoms with Crippen LogP contribution in [0.15, 0.2) is 24.4 Å². The summed E-state index contributed by atoms with van der Waals surface area (Å²) in [4.78, 5) is 10.4. The molecule has 0 unspecified atom stereocenters. The van der Waals surface area contributed by atoms with Crippen LogP contribution in [0.2, 0.25) is 0 Å². The van der Waals surface area contributed by atoms with E-state index in [-0.39, 0.29) is 11.4 Å². The first-order chi connectivity index (χ1) is 9.61. The minimum absolute atomic E-state index is 0.0595. The molecule has 8 heteroatoms. The Balaban J connectivity index is 2.27. The Hall–Kier alpha value is -2.35. The van der Waals surface area contributed by atoms with Gasteiger partial charge in [-0.1, -0.05) is 12.1 Å². The van der Waals surface area contributed by atoms with E-state index in [4.69, 9.17) is 0 Å². The lowest BCUT2D eigenvalue weighted by molar-refractivity contribution is -0.384. The van der Waals surface area contributed by atoms with Crippen LogP contribution >= 0.6 is 0 Å². The summed E-state index contributed by atoms with van der Waals surface area (Å²) in [5, 5.41) is 21.8. The highest BCUT2D eigenvalue weighted by Gasteiger charge is 2.17. The minimum Gasteiger partial charge on any atom is -0.311 e. The third kappa shape index (κ3) is 3.15. The van der Waals surface area contributed by atoms with Crippen LogP contribution in [0.5, 0.6) is 0 Å². The Morgan fingerprint density at radius 2 is 2.30 bits per heavy atom. The Morgan fingerprint density at radius 3 is 3.00 bits per heavy atom. The number of hydrogen-bond acceptors (Lipinski definition) is 5. The molecule has 1 aromatic heterocycles. The SMILES string of the molecule is CCCNCc1cn(-c2cc(F)ccc2[N+](=O)[O-])nn1. The summed E-state index contributed by atoms with van der Waals surface area (Å²) >= 11 is 0. The van der Waals surface area contributed by atoms with Crippen LogP contribution in [0.25, 0.3) is 5.69 Å². The summed E-state index contributed by atoms with van der Waals surface area (Å²) in [6, 6.07) is 3.22. The average Bonchev–Trinajstić information content (AvgIpc) is 2.87. The average molecular weight is 279 g/mol. The van der Waals surface area contributed by atoms with Crippen molar-refractivity contribution in [2.75, 3.05) is 6.54 Å². The van der Waals surface area contributed by atoms with Gasteiger partial charge in [-0.05, 0) is 19.0 Å². The molecule has 106 valence electrons. The molecule has 0 amide bonds. The van der Waals surface area contributed by atoms with E-state index in [1.54, 1.807) is 6.20 Å². The molecule has 1 N–H and O–H groups in total. The molecule has 20 heavy (non-hydrogen) atoms. The number of nitro groups is 1. The third-order valence-electron chi connectivity index (χ3n) is 2.65. The second-order valence-corrected chi connectivity index (χ2v) is 4.22. The maximum atomic E-state index is 13.3. The quantitative estimate of drug-likeness (QED) is 0.495. The molecule has 1 heterocycles. The number of aromatic nitrogens is 3. The molecule has 2 rings (SSSR count). The molecule has 7 nitrogen and oxygen atoms in total. The van der Waals surface area contributed by atoms with Crippen molar-refractivity contribution in [3.05, 3.63) is 46.0 Å². The molecule has 0 fully saturated rings. The highest BCUT2D eigenvalue weighted by Crippen LogP contribution is 2.22. The van der Waals surface area contributed by atoms with Gasteiger partial charge < -0.3 is 5.32 Å². The van der Waals surface area contributed by atoms with E-state index in [2.05, 4.69) is 15.6 Å². The van der Waals surface area contributed by atoms with Gasteiger partial charge in [0.25, 0.3) is 5.69 Å². The monoisotopic (exact) mass is 279 g/mol. The number of nitrogens with one attached hydrogen (secondary N) is 1. The lowest BCUT2D eigenvalue weighted by Crippen LogP contribution is -2.13. The highest BCUT2D eigenvalue weighted by atomic mass is 19.1. The molecule has 1 aromatic carbocycles. The second kappa shape index (κ2) is 6.20. The zero-order valence-corrected chi connectivity index (χ0v) is 10.9. The molecule has 0 aliphatic rings. The molecule has 2 aromatic rings. The molecule has 0 aliphatic heterocycles. The van der Waals surface area contributed by atoms with E-state index in [0.29, 0.717) is 12.2 Å². The van der Waals surface area contributed by atoms with Crippen LogP contribution in [0.4, 0.5) is 10.1 Å². The summed E-state index contributed by atoms with van der Waals surface area (Å²) in [6.45, 7) is 3.39. The molecular formula is C12H14FN5O2. The molecule has 0 atom stereocenters. The summed E-state index contributed by atoms with van der Waals surface area (Å²) in [6.07, 6.45) is 2.54. The van der Waals surface area contributed by atoms with Crippen LogP contribution in [0.1, 0.15) is 19.0 Å². The first-order valence-electron chi connectivity index (χ1n) is 6.18. The molecule has 0 radical (unpaired) electrons. The van der Waals surface area contributed by atoms with Gasteiger partial charge in [0, 0.05) is 18.7 Å². The van der Waals surface area contributed by atoms with Crippen molar-refractivity contribution in [2.45, 2.75) is 19.9 Å². The smallest absolute Gasteiger partial charge is 0.295 e. The molecule has 0 saturated carbocycles.